The van der Waals surface area contributed by atoms with Crippen LogP contribution >= 0.6 is 0 Å². The van der Waals surface area contributed by atoms with E-state index in [2.05, 4.69) is 19.1 Å². The predicted octanol–water partition coefficient (Wildman–Crippen LogP) is 4.85. The molecule has 0 aliphatic heterocycles. The molecular formula is C16H24O. The summed E-state index contributed by atoms with van der Waals surface area (Å²) < 4.78 is 0. The first-order valence-electron chi connectivity index (χ1n) is 6.76. The van der Waals surface area contributed by atoms with Gasteiger partial charge in [0, 0.05) is 0 Å². The maximum absolute atomic E-state index is 9.15. The molecule has 0 saturated carbocycles. The minimum Gasteiger partial charge on any atom is -0.508 e. The van der Waals surface area contributed by atoms with E-state index in [0.717, 1.165) is 6.42 Å². The highest BCUT2D eigenvalue weighted by Gasteiger charge is 1.90. The molecule has 0 fully saturated rings. The predicted molar refractivity (Wildman–Crippen MR) is 74.3 cm³/mol. The van der Waals surface area contributed by atoms with Gasteiger partial charge in [-0.15, -0.1) is 0 Å². The number of benzene rings is 1. The summed E-state index contributed by atoms with van der Waals surface area (Å²) in [6, 6.07) is 7.43. The fourth-order valence-electron chi connectivity index (χ4n) is 1.84. The molecule has 0 radical (unpaired) electrons. The van der Waals surface area contributed by atoms with Crippen molar-refractivity contribution in [1.82, 2.24) is 0 Å². The van der Waals surface area contributed by atoms with E-state index in [0.29, 0.717) is 5.75 Å². The van der Waals surface area contributed by atoms with Gasteiger partial charge >= 0.3 is 0 Å². The van der Waals surface area contributed by atoms with Gasteiger partial charge in [-0.1, -0.05) is 56.9 Å². The highest BCUT2D eigenvalue weighted by atomic mass is 16.3. The van der Waals surface area contributed by atoms with Crippen LogP contribution in [0.15, 0.2) is 36.4 Å². The zero-order valence-corrected chi connectivity index (χ0v) is 10.9. The third-order valence-corrected chi connectivity index (χ3v) is 2.93. The molecule has 0 bridgehead atoms. The lowest BCUT2D eigenvalue weighted by Crippen LogP contribution is -1.80. The molecule has 0 heterocycles. The summed E-state index contributed by atoms with van der Waals surface area (Å²) in [5, 5.41) is 9.15. The summed E-state index contributed by atoms with van der Waals surface area (Å²) in [6.45, 7) is 2.25. The second-order valence-electron chi connectivity index (χ2n) is 4.54. The summed E-state index contributed by atoms with van der Waals surface area (Å²) in [7, 11) is 0. The van der Waals surface area contributed by atoms with Gasteiger partial charge in [0.1, 0.15) is 5.75 Å². The average Bonchev–Trinajstić information content (AvgIpc) is 2.35. The first-order chi connectivity index (χ1) is 8.33. The van der Waals surface area contributed by atoms with Gasteiger partial charge in [-0.2, -0.15) is 0 Å². The van der Waals surface area contributed by atoms with Gasteiger partial charge in [0.05, 0.1) is 0 Å². The lowest BCUT2D eigenvalue weighted by molar-refractivity contribution is 0.475. The third kappa shape index (κ3) is 6.83. The molecule has 0 saturated heterocycles. The first-order valence-corrected chi connectivity index (χ1v) is 6.76. The molecule has 1 aromatic carbocycles. The van der Waals surface area contributed by atoms with E-state index in [1.54, 1.807) is 12.1 Å². The Labute approximate surface area is 105 Å². The molecule has 0 aromatic heterocycles. The average molecular weight is 232 g/mol. The van der Waals surface area contributed by atoms with Gasteiger partial charge in [0.2, 0.25) is 0 Å². The monoisotopic (exact) mass is 232 g/mol. The number of phenolic OH excluding ortho intramolecular Hbond substituents is 1. The SMILES string of the molecule is CCCCCCC/C=C/Cc1ccc(O)cc1. The van der Waals surface area contributed by atoms with E-state index >= 15 is 0 Å². The Balaban J connectivity index is 2.07. The highest BCUT2D eigenvalue weighted by molar-refractivity contribution is 5.27. The summed E-state index contributed by atoms with van der Waals surface area (Å²) in [5.41, 5.74) is 1.25. The van der Waals surface area contributed by atoms with Crippen LogP contribution in [0, 0.1) is 0 Å². The van der Waals surface area contributed by atoms with Crippen LogP contribution in [0.4, 0.5) is 0 Å². The van der Waals surface area contributed by atoms with Gasteiger partial charge in [0.25, 0.3) is 0 Å². The van der Waals surface area contributed by atoms with Crippen molar-refractivity contribution in [2.24, 2.45) is 0 Å². The lowest BCUT2D eigenvalue weighted by atomic mass is 10.1. The molecule has 1 nitrogen and oxygen atoms in total. The maximum Gasteiger partial charge on any atom is 0.115 e. The molecule has 1 heteroatoms. The standard InChI is InChI=1S/C16H24O/c1-2-3-4-5-6-7-8-9-10-15-11-13-16(17)14-12-15/h8-9,11-14,17H,2-7,10H2,1H3/b9-8+. The largest absolute Gasteiger partial charge is 0.508 e. The minimum atomic E-state index is 0.341. The smallest absolute Gasteiger partial charge is 0.115 e. The van der Waals surface area contributed by atoms with Crippen LogP contribution in [0.3, 0.4) is 0 Å². The minimum absolute atomic E-state index is 0.341. The van der Waals surface area contributed by atoms with E-state index in [9.17, 15) is 0 Å². The summed E-state index contributed by atoms with van der Waals surface area (Å²) in [5.74, 6) is 0.341. The molecule has 0 spiro atoms. The Morgan fingerprint density at radius 3 is 2.35 bits per heavy atom. The molecule has 94 valence electrons. The summed E-state index contributed by atoms with van der Waals surface area (Å²) >= 11 is 0. The summed E-state index contributed by atoms with van der Waals surface area (Å²) in [6.07, 6.45) is 13.4. The Morgan fingerprint density at radius 2 is 1.65 bits per heavy atom. The van der Waals surface area contributed by atoms with Crippen LogP contribution in [0.5, 0.6) is 5.75 Å². The third-order valence-electron chi connectivity index (χ3n) is 2.93. The Morgan fingerprint density at radius 1 is 0.941 bits per heavy atom. The van der Waals surface area contributed by atoms with Crippen molar-refractivity contribution in [3.05, 3.63) is 42.0 Å². The number of hydrogen-bond acceptors (Lipinski definition) is 1. The van der Waals surface area contributed by atoms with Crippen LogP contribution in [-0.2, 0) is 6.42 Å². The van der Waals surface area contributed by atoms with Crippen molar-refractivity contribution in [2.75, 3.05) is 0 Å². The van der Waals surface area contributed by atoms with Crippen molar-refractivity contribution >= 4 is 0 Å². The maximum atomic E-state index is 9.15. The fraction of sp³-hybridized carbons (Fsp3) is 0.500. The van der Waals surface area contributed by atoms with E-state index in [1.165, 1.54) is 44.1 Å². The van der Waals surface area contributed by atoms with Gasteiger partial charge in [-0.25, -0.2) is 0 Å². The second-order valence-corrected chi connectivity index (χ2v) is 4.54. The number of unbranched alkanes of at least 4 members (excludes halogenated alkanes) is 5. The van der Waals surface area contributed by atoms with Crippen molar-refractivity contribution in [1.29, 1.82) is 0 Å². The molecule has 0 aliphatic rings. The quantitative estimate of drug-likeness (QED) is 0.501. The van der Waals surface area contributed by atoms with E-state index in [4.69, 9.17) is 5.11 Å². The Bertz CT molecular complexity index is 311. The van der Waals surface area contributed by atoms with Crippen molar-refractivity contribution in [2.45, 2.75) is 51.9 Å². The number of phenols is 1. The molecule has 0 unspecified atom stereocenters. The molecule has 0 amide bonds. The molecule has 17 heavy (non-hydrogen) atoms. The van der Waals surface area contributed by atoms with Crippen LogP contribution in [0.1, 0.15) is 51.0 Å². The van der Waals surface area contributed by atoms with Gasteiger partial charge in [-0.3, -0.25) is 0 Å². The zero-order chi connectivity index (χ0) is 12.3. The molecule has 1 rings (SSSR count). The van der Waals surface area contributed by atoms with E-state index < -0.39 is 0 Å². The second kappa shape index (κ2) is 8.86. The van der Waals surface area contributed by atoms with E-state index in [-0.39, 0.29) is 0 Å². The number of rotatable bonds is 8. The molecule has 0 aliphatic carbocycles. The van der Waals surface area contributed by atoms with Crippen LogP contribution in [0.2, 0.25) is 0 Å². The van der Waals surface area contributed by atoms with Crippen molar-refractivity contribution in [3.63, 3.8) is 0 Å². The zero-order valence-electron chi connectivity index (χ0n) is 10.9. The number of hydrogen-bond donors (Lipinski definition) is 1. The fourth-order valence-corrected chi connectivity index (χ4v) is 1.84. The first kappa shape index (κ1) is 13.8. The number of allylic oxidation sites excluding steroid dienone is 2. The van der Waals surface area contributed by atoms with E-state index in [1.807, 2.05) is 12.1 Å². The molecular weight excluding hydrogens is 208 g/mol. The molecule has 0 atom stereocenters. The lowest BCUT2D eigenvalue weighted by Gasteiger charge is -1.97. The van der Waals surface area contributed by atoms with Gasteiger partial charge in [-0.05, 0) is 37.0 Å². The Kier molecular flexibility index (Phi) is 7.20. The normalized spacial score (nSPS) is 11.1. The van der Waals surface area contributed by atoms with Crippen molar-refractivity contribution in [3.8, 4) is 5.75 Å². The van der Waals surface area contributed by atoms with Crippen LogP contribution in [0.25, 0.3) is 0 Å². The topological polar surface area (TPSA) is 20.2 Å². The molecule has 1 aromatic rings. The van der Waals surface area contributed by atoms with Crippen molar-refractivity contribution < 1.29 is 5.11 Å². The number of aromatic hydroxyl groups is 1. The summed E-state index contributed by atoms with van der Waals surface area (Å²) in [4.78, 5) is 0. The van der Waals surface area contributed by atoms with Crippen LogP contribution in [-0.4, -0.2) is 5.11 Å². The molecule has 1 N–H and O–H groups in total. The van der Waals surface area contributed by atoms with Gasteiger partial charge in [0.15, 0.2) is 0 Å². The van der Waals surface area contributed by atoms with Crippen LogP contribution < -0.4 is 0 Å². The highest BCUT2D eigenvalue weighted by Crippen LogP contribution is 2.11. The van der Waals surface area contributed by atoms with Gasteiger partial charge < -0.3 is 5.11 Å². The Hall–Kier alpha value is -1.24.